The summed E-state index contributed by atoms with van der Waals surface area (Å²) in [5, 5.41) is 6.97. The van der Waals surface area contributed by atoms with Gasteiger partial charge in [0.05, 0.1) is 26.5 Å². The number of benzene rings is 4. The lowest BCUT2D eigenvalue weighted by atomic mass is 9.83. The van der Waals surface area contributed by atoms with Crippen LogP contribution >= 0.6 is 0 Å². The molecule has 0 bridgehead atoms. The molecule has 1 aromatic heterocycles. The number of aromatic nitrogens is 1. The molecule has 0 aliphatic heterocycles. The van der Waals surface area contributed by atoms with E-state index in [1.165, 1.54) is 24.0 Å². The number of sulfonamides is 1. The lowest BCUT2D eigenvalue weighted by Crippen LogP contribution is -2.28. The van der Waals surface area contributed by atoms with E-state index in [0.717, 1.165) is 33.5 Å². The molecule has 0 aliphatic carbocycles. The summed E-state index contributed by atoms with van der Waals surface area (Å²) in [6, 6.07) is 31.9. The van der Waals surface area contributed by atoms with Gasteiger partial charge >= 0.3 is 0 Å². The van der Waals surface area contributed by atoms with E-state index in [1.54, 1.807) is 36.4 Å². The van der Waals surface area contributed by atoms with E-state index in [9.17, 15) is 26.2 Å². The van der Waals surface area contributed by atoms with Crippen LogP contribution in [0.3, 0.4) is 0 Å². The van der Waals surface area contributed by atoms with E-state index in [4.69, 9.17) is 4.52 Å². The largest absolute Gasteiger partial charge is 0.748 e. The Morgan fingerprint density at radius 2 is 1.48 bits per heavy atom. The van der Waals surface area contributed by atoms with Gasteiger partial charge in [-0.1, -0.05) is 92.7 Å². The fourth-order valence-electron chi connectivity index (χ4n) is 5.50. The van der Waals surface area contributed by atoms with Gasteiger partial charge in [-0.3, -0.25) is 4.79 Å². The molecule has 0 fully saturated rings. The minimum absolute atomic E-state index is 0.0185. The average molecular weight is 715 g/mol. The highest BCUT2D eigenvalue weighted by atomic mass is 32.2. The minimum Gasteiger partial charge on any atom is -0.748 e. The summed E-state index contributed by atoms with van der Waals surface area (Å²) in [6.45, 7) is 6.22. The predicted molar refractivity (Wildman–Crippen MR) is 192 cm³/mol. The van der Waals surface area contributed by atoms with E-state index in [1.807, 2.05) is 42.5 Å². The van der Waals surface area contributed by atoms with E-state index in [-0.39, 0.29) is 22.8 Å². The summed E-state index contributed by atoms with van der Waals surface area (Å²) in [5.74, 6) is -0.741. The molecule has 50 heavy (non-hydrogen) atoms. The van der Waals surface area contributed by atoms with Crippen LogP contribution in [0.4, 0.5) is 0 Å². The van der Waals surface area contributed by atoms with Crippen molar-refractivity contribution in [3.8, 4) is 22.5 Å². The number of hydrogen-bond donors (Lipinski definition) is 1. The molecule has 262 valence electrons. The van der Waals surface area contributed by atoms with Crippen LogP contribution in [-0.2, 0) is 32.0 Å². The Morgan fingerprint density at radius 1 is 0.840 bits per heavy atom. The first-order chi connectivity index (χ1) is 23.5. The maximum atomic E-state index is 12.5. The number of rotatable bonds is 12. The Bertz CT molecular complexity index is 2170. The zero-order chi connectivity index (χ0) is 36.3. The highest BCUT2D eigenvalue weighted by molar-refractivity contribution is 7.89. The molecule has 0 saturated heterocycles. The first kappa shape index (κ1) is 36.7. The predicted octanol–water partition coefficient (Wildman–Crippen LogP) is 6.21. The smallest absolute Gasteiger partial charge is 0.251 e. The van der Waals surface area contributed by atoms with Crippen LogP contribution in [0.1, 0.15) is 59.4 Å². The second kappa shape index (κ2) is 14.7. The van der Waals surface area contributed by atoms with Gasteiger partial charge in [-0.25, -0.2) is 21.1 Å². The lowest BCUT2D eigenvalue weighted by molar-refractivity contribution is 0.0956. The maximum Gasteiger partial charge on any atom is 0.251 e. The van der Waals surface area contributed by atoms with Crippen molar-refractivity contribution < 1.29 is 30.7 Å². The van der Waals surface area contributed by atoms with Crippen molar-refractivity contribution in [1.29, 1.82) is 0 Å². The summed E-state index contributed by atoms with van der Waals surface area (Å²) in [6.07, 6.45) is 0.555. The van der Waals surface area contributed by atoms with E-state index >= 15 is 0 Å². The zero-order valence-corrected chi connectivity index (χ0v) is 30.2. The van der Waals surface area contributed by atoms with Gasteiger partial charge in [0.25, 0.3) is 5.91 Å². The third kappa shape index (κ3) is 8.94. The van der Waals surface area contributed by atoms with Crippen molar-refractivity contribution in [2.75, 3.05) is 26.4 Å². The van der Waals surface area contributed by atoms with Crippen LogP contribution in [0.2, 0.25) is 0 Å². The number of carbonyl (C=O) groups is 1. The molecule has 10 nitrogen and oxygen atoms in total. The number of amides is 1. The molecule has 0 spiro atoms. The average Bonchev–Trinajstić information content (AvgIpc) is 3.57. The first-order valence-corrected chi connectivity index (χ1v) is 19.0. The SMILES string of the molecule is CN(C)S(=O)(=O)c1ccc(-c2cccc(-c3cc(C(Cc4ccc(C(=O)NCCS(=O)(=O)[O-])cc4)c4ccc(C(C)(C)C)cc4)no3)c2)cc1. The molecule has 1 N–H and O–H groups in total. The molecule has 5 rings (SSSR count). The fourth-order valence-corrected chi connectivity index (χ4v) is 6.75. The van der Waals surface area contributed by atoms with Crippen LogP contribution in [0.25, 0.3) is 22.5 Å². The Kier molecular flexibility index (Phi) is 10.8. The molecule has 1 atom stereocenters. The first-order valence-electron chi connectivity index (χ1n) is 16.0. The number of hydrogen-bond acceptors (Lipinski definition) is 8. The molecule has 5 aromatic rings. The van der Waals surface area contributed by atoms with Gasteiger partial charge in [0.2, 0.25) is 10.0 Å². The van der Waals surface area contributed by atoms with E-state index in [2.05, 4.69) is 55.5 Å². The summed E-state index contributed by atoms with van der Waals surface area (Å²) in [4.78, 5) is 12.7. The Hall–Kier alpha value is -4.62. The van der Waals surface area contributed by atoms with Crippen LogP contribution < -0.4 is 5.32 Å². The maximum absolute atomic E-state index is 12.5. The van der Waals surface area contributed by atoms with Crippen molar-refractivity contribution in [2.45, 2.75) is 43.4 Å². The number of nitrogens with zero attached hydrogens (tertiary/aromatic N) is 2. The van der Waals surface area contributed by atoms with Crippen LogP contribution in [0, 0.1) is 0 Å². The highest BCUT2D eigenvalue weighted by Crippen LogP contribution is 2.34. The van der Waals surface area contributed by atoms with E-state index < -0.39 is 31.8 Å². The number of carbonyl (C=O) groups excluding carboxylic acids is 1. The molecular weight excluding hydrogens is 675 g/mol. The molecular formula is C38H40N3O7S2-. The zero-order valence-electron chi connectivity index (χ0n) is 28.6. The molecule has 1 unspecified atom stereocenters. The molecule has 4 aromatic carbocycles. The van der Waals surface area contributed by atoms with Gasteiger partial charge in [-0.2, -0.15) is 0 Å². The van der Waals surface area contributed by atoms with Crippen LogP contribution in [0.15, 0.2) is 113 Å². The molecule has 0 radical (unpaired) electrons. The second-order valence-corrected chi connectivity index (χ2v) is 17.0. The summed E-state index contributed by atoms with van der Waals surface area (Å²) >= 11 is 0. The normalized spacial score (nSPS) is 12.9. The fraction of sp³-hybridized carbons (Fsp3) is 0.263. The number of nitrogens with one attached hydrogen (secondary N) is 1. The van der Waals surface area contributed by atoms with Crippen molar-refractivity contribution in [3.05, 3.63) is 131 Å². The lowest BCUT2D eigenvalue weighted by Gasteiger charge is -2.21. The Morgan fingerprint density at radius 3 is 2.08 bits per heavy atom. The molecule has 1 heterocycles. The second-order valence-electron chi connectivity index (χ2n) is 13.4. The molecule has 0 saturated carbocycles. The third-order valence-electron chi connectivity index (χ3n) is 8.47. The summed E-state index contributed by atoms with van der Waals surface area (Å²) in [5.41, 5.74) is 6.80. The third-order valence-corrected chi connectivity index (χ3v) is 11.0. The van der Waals surface area contributed by atoms with Crippen molar-refractivity contribution in [2.24, 2.45) is 0 Å². The van der Waals surface area contributed by atoms with Crippen LogP contribution in [-0.4, -0.2) is 63.2 Å². The van der Waals surface area contributed by atoms with Gasteiger partial charge < -0.3 is 14.4 Å². The van der Waals surface area contributed by atoms with Gasteiger partial charge in [-0.15, -0.1) is 0 Å². The summed E-state index contributed by atoms with van der Waals surface area (Å²) < 4.78 is 64.8. The Balaban J connectivity index is 1.41. The van der Waals surface area contributed by atoms with Gasteiger partial charge in [0.1, 0.15) is 0 Å². The van der Waals surface area contributed by atoms with Crippen molar-refractivity contribution in [3.63, 3.8) is 0 Å². The highest BCUT2D eigenvalue weighted by Gasteiger charge is 2.23. The molecule has 12 heteroatoms. The monoisotopic (exact) mass is 714 g/mol. The van der Waals surface area contributed by atoms with Crippen molar-refractivity contribution >= 4 is 26.0 Å². The van der Waals surface area contributed by atoms with Crippen molar-refractivity contribution in [1.82, 2.24) is 14.8 Å². The van der Waals surface area contributed by atoms with Gasteiger partial charge in [0.15, 0.2) is 5.76 Å². The topological polar surface area (TPSA) is 150 Å². The minimum atomic E-state index is -4.42. The van der Waals surface area contributed by atoms with Gasteiger partial charge in [0, 0.05) is 43.8 Å². The van der Waals surface area contributed by atoms with Crippen LogP contribution in [0.5, 0.6) is 0 Å². The molecule has 1 amide bonds. The quantitative estimate of drug-likeness (QED) is 0.150. The van der Waals surface area contributed by atoms with Gasteiger partial charge in [-0.05, 0) is 70.0 Å². The standard InChI is InChI=1S/C38H41N3O7S2/c1-38(2,3)32-17-13-28(14-18-32)34(23-26-9-11-29(12-10-26)37(42)39-21-22-49(43,44)45)35-25-36(48-40-35)31-8-6-7-30(24-31)27-15-19-33(20-16-27)50(46,47)41(4)5/h6-20,24-25,34H,21-23H2,1-5H3,(H,39,42)(H,43,44,45)/p-1. The Labute approximate surface area is 294 Å². The molecule has 0 aliphatic rings. The summed E-state index contributed by atoms with van der Waals surface area (Å²) in [7, 11) is -4.96. The van der Waals surface area contributed by atoms with E-state index in [0.29, 0.717) is 17.7 Å².